The van der Waals surface area contributed by atoms with Crippen LogP contribution >= 0.6 is 11.8 Å². The van der Waals surface area contributed by atoms with E-state index in [9.17, 15) is 4.79 Å². The van der Waals surface area contributed by atoms with Gasteiger partial charge in [0.25, 0.3) is 5.91 Å². The molecule has 5 rings (SSSR count). The van der Waals surface area contributed by atoms with Gasteiger partial charge in [-0.05, 0) is 49.1 Å². The predicted molar refractivity (Wildman–Crippen MR) is 135 cm³/mol. The minimum absolute atomic E-state index is 0.0536. The molecule has 0 saturated carbocycles. The number of fused-ring (bicyclic) bond motifs is 1. The molecule has 3 heterocycles. The molecule has 0 radical (unpaired) electrons. The summed E-state index contributed by atoms with van der Waals surface area (Å²) in [5.41, 5.74) is 6.28. The largest absolute Gasteiger partial charge is 0.376 e. The van der Waals surface area contributed by atoms with Crippen molar-refractivity contribution < 1.29 is 9.53 Å². The highest BCUT2D eigenvalue weighted by atomic mass is 32.2. The number of hydrogen-bond donors (Lipinski definition) is 1. The van der Waals surface area contributed by atoms with Gasteiger partial charge in [-0.15, -0.1) is 0 Å². The first kappa shape index (κ1) is 22.6. The minimum Gasteiger partial charge on any atom is -0.376 e. The monoisotopic (exact) mass is 472 g/mol. The van der Waals surface area contributed by atoms with Crippen molar-refractivity contribution in [2.24, 2.45) is 0 Å². The van der Waals surface area contributed by atoms with Crippen molar-refractivity contribution >= 4 is 28.7 Å². The van der Waals surface area contributed by atoms with Crippen LogP contribution in [0.15, 0.2) is 72.1 Å². The van der Waals surface area contributed by atoms with Crippen LogP contribution in [0.5, 0.6) is 0 Å². The number of aryl methyl sites for hydroxylation is 1. The van der Waals surface area contributed by atoms with E-state index in [1.807, 2.05) is 36.5 Å². The molecular formula is C27H28N4O2S. The number of carbonyl (C=O) groups is 1. The van der Waals surface area contributed by atoms with Gasteiger partial charge in [0, 0.05) is 30.7 Å². The summed E-state index contributed by atoms with van der Waals surface area (Å²) in [6, 6.07) is 18.3. The Balaban J connectivity index is 1.27. The SMILES string of the molecule is Cc1cccc(Cn2c(SCc3ccc(C(=O)NC[C@@H]4CCCO4)cc3)nc3ccncc32)c1. The third kappa shape index (κ3) is 5.32. The van der Waals surface area contributed by atoms with Crippen molar-refractivity contribution in [2.75, 3.05) is 13.2 Å². The molecular weight excluding hydrogens is 444 g/mol. The highest BCUT2D eigenvalue weighted by molar-refractivity contribution is 7.98. The van der Waals surface area contributed by atoms with Gasteiger partial charge in [-0.25, -0.2) is 4.98 Å². The third-order valence-corrected chi connectivity index (χ3v) is 7.08. The third-order valence-electron chi connectivity index (χ3n) is 6.04. The summed E-state index contributed by atoms with van der Waals surface area (Å²) in [7, 11) is 0. The van der Waals surface area contributed by atoms with E-state index >= 15 is 0 Å². The number of nitrogens with one attached hydrogen (secondary N) is 1. The lowest BCUT2D eigenvalue weighted by molar-refractivity contribution is 0.0858. The Morgan fingerprint density at radius 2 is 2.06 bits per heavy atom. The number of nitrogens with zero attached hydrogens (tertiary/aromatic N) is 3. The van der Waals surface area contributed by atoms with Crippen LogP contribution in [0.2, 0.25) is 0 Å². The van der Waals surface area contributed by atoms with Crippen LogP contribution in [0.25, 0.3) is 11.0 Å². The summed E-state index contributed by atoms with van der Waals surface area (Å²) in [6.45, 7) is 4.22. The Morgan fingerprint density at radius 1 is 1.18 bits per heavy atom. The molecule has 7 heteroatoms. The van der Waals surface area contributed by atoms with E-state index in [-0.39, 0.29) is 12.0 Å². The van der Waals surface area contributed by atoms with Crippen LogP contribution < -0.4 is 5.32 Å². The summed E-state index contributed by atoms with van der Waals surface area (Å²) in [4.78, 5) is 21.6. The van der Waals surface area contributed by atoms with Crippen molar-refractivity contribution in [3.05, 3.63) is 89.2 Å². The maximum Gasteiger partial charge on any atom is 0.251 e. The summed E-state index contributed by atoms with van der Waals surface area (Å²) in [5, 5.41) is 3.94. The first-order valence-electron chi connectivity index (χ1n) is 11.6. The van der Waals surface area contributed by atoms with Crippen LogP contribution in [-0.2, 0) is 17.0 Å². The summed E-state index contributed by atoms with van der Waals surface area (Å²) >= 11 is 1.70. The van der Waals surface area contributed by atoms with E-state index in [0.29, 0.717) is 12.1 Å². The number of carbonyl (C=O) groups excluding carboxylic acids is 1. The molecule has 4 aromatic rings. The quantitative estimate of drug-likeness (QED) is 0.366. The Bertz CT molecular complexity index is 1280. The molecule has 0 aliphatic carbocycles. The van der Waals surface area contributed by atoms with Crippen LogP contribution in [0.4, 0.5) is 0 Å². The molecule has 1 saturated heterocycles. The van der Waals surface area contributed by atoms with Crippen molar-refractivity contribution in [2.45, 2.75) is 43.3 Å². The molecule has 1 amide bonds. The van der Waals surface area contributed by atoms with Gasteiger partial charge in [0.05, 0.1) is 29.9 Å². The van der Waals surface area contributed by atoms with Crippen molar-refractivity contribution in [1.82, 2.24) is 19.9 Å². The Morgan fingerprint density at radius 3 is 2.85 bits per heavy atom. The van der Waals surface area contributed by atoms with Gasteiger partial charge in [-0.2, -0.15) is 0 Å². The van der Waals surface area contributed by atoms with Gasteiger partial charge in [0.2, 0.25) is 0 Å². The number of thioether (sulfide) groups is 1. The first-order valence-corrected chi connectivity index (χ1v) is 12.6. The zero-order chi connectivity index (χ0) is 23.3. The standard InChI is InChI=1S/C27H28N4O2S/c1-19-4-2-5-21(14-19)17-31-25-16-28-12-11-24(25)30-27(31)34-18-20-7-9-22(10-8-20)26(32)29-15-23-6-3-13-33-23/h2,4-5,7-12,14,16,23H,3,6,13,15,17-18H2,1H3,(H,29,32)/t23-/m0/s1. The van der Waals surface area contributed by atoms with Gasteiger partial charge in [-0.3, -0.25) is 9.78 Å². The number of rotatable bonds is 8. The second-order valence-corrected chi connectivity index (χ2v) is 9.61. The number of pyridine rings is 1. The second kappa shape index (κ2) is 10.4. The average Bonchev–Trinajstić information content (AvgIpc) is 3.50. The van der Waals surface area contributed by atoms with E-state index in [0.717, 1.165) is 53.5 Å². The normalized spacial score (nSPS) is 15.6. The molecule has 2 aromatic carbocycles. The zero-order valence-electron chi connectivity index (χ0n) is 19.2. The number of amides is 1. The van der Waals surface area contributed by atoms with E-state index in [4.69, 9.17) is 9.72 Å². The van der Waals surface area contributed by atoms with Gasteiger partial charge >= 0.3 is 0 Å². The lowest BCUT2D eigenvalue weighted by Crippen LogP contribution is -2.31. The minimum atomic E-state index is -0.0536. The molecule has 1 aliphatic rings. The lowest BCUT2D eigenvalue weighted by Gasteiger charge is -2.11. The van der Waals surface area contributed by atoms with Crippen molar-refractivity contribution in [3.63, 3.8) is 0 Å². The summed E-state index contributed by atoms with van der Waals surface area (Å²) < 4.78 is 7.81. The highest BCUT2D eigenvalue weighted by Gasteiger charge is 2.17. The molecule has 1 atom stereocenters. The first-order chi connectivity index (χ1) is 16.7. The fraction of sp³-hybridized carbons (Fsp3) is 0.296. The number of aromatic nitrogens is 3. The van der Waals surface area contributed by atoms with Crippen LogP contribution in [0, 0.1) is 6.92 Å². The fourth-order valence-corrected chi connectivity index (χ4v) is 5.19. The number of benzene rings is 2. The molecule has 0 spiro atoms. The van der Waals surface area contributed by atoms with E-state index in [2.05, 4.69) is 46.1 Å². The van der Waals surface area contributed by atoms with E-state index < -0.39 is 0 Å². The summed E-state index contributed by atoms with van der Waals surface area (Å²) in [6.07, 6.45) is 5.90. The summed E-state index contributed by atoms with van der Waals surface area (Å²) in [5.74, 6) is 0.713. The maximum atomic E-state index is 12.4. The molecule has 0 unspecified atom stereocenters. The number of imidazole rings is 1. The zero-order valence-corrected chi connectivity index (χ0v) is 20.1. The van der Waals surface area contributed by atoms with Gasteiger partial charge in [0.15, 0.2) is 5.16 Å². The Hall–Kier alpha value is -3.16. The molecule has 0 bridgehead atoms. The molecule has 2 aromatic heterocycles. The second-order valence-electron chi connectivity index (χ2n) is 8.66. The van der Waals surface area contributed by atoms with Crippen molar-refractivity contribution in [3.8, 4) is 0 Å². The van der Waals surface area contributed by atoms with Crippen LogP contribution in [0.3, 0.4) is 0 Å². The number of hydrogen-bond acceptors (Lipinski definition) is 5. The van der Waals surface area contributed by atoms with Crippen LogP contribution in [0.1, 0.15) is 39.9 Å². The highest BCUT2D eigenvalue weighted by Crippen LogP contribution is 2.27. The van der Waals surface area contributed by atoms with Gasteiger partial charge in [0.1, 0.15) is 0 Å². The fourth-order valence-electron chi connectivity index (χ4n) is 4.22. The Labute approximate surface area is 203 Å². The van der Waals surface area contributed by atoms with Gasteiger partial charge < -0.3 is 14.6 Å². The van der Waals surface area contributed by atoms with E-state index in [1.54, 1.807) is 18.0 Å². The maximum absolute atomic E-state index is 12.4. The lowest BCUT2D eigenvalue weighted by atomic mass is 10.1. The molecule has 1 aliphatic heterocycles. The van der Waals surface area contributed by atoms with Crippen molar-refractivity contribution in [1.29, 1.82) is 0 Å². The smallest absolute Gasteiger partial charge is 0.251 e. The number of ether oxygens (including phenoxy) is 1. The molecule has 34 heavy (non-hydrogen) atoms. The predicted octanol–water partition coefficient (Wildman–Crippen LogP) is 4.99. The molecule has 1 fully saturated rings. The molecule has 174 valence electrons. The average molecular weight is 473 g/mol. The van der Waals surface area contributed by atoms with E-state index in [1.165, 1.54) is 11.1 Å². The Kier molecular flexibility index (Phi) is 6.92. The molecule has 6 nitrogen and oxygen atoms in total. The van der Waals surface area contributed by atoms with Crippen LogP contribution in [-0.4, -0.2) is 39.7 Å². The topological polar surface area (TPSA) is 69.0 Å². The molecule has 1 N–H and O–H groups in total. The van der Waals surface area contributed by atoms with Gasteiger partial charge in [-0.1, -0.05) is 53.7 Å².